The highest BCUT2D eigenvalue weighted by Gasteiger charge is 2.10. The van der Waals surface area contributed by atoms with Crippen LogP contribution in [0.25, 0.3) is 0 Å². The van der Waals surface area contributed by atoms with Gasteiger partial charge in [0.1, 0.15) is 0 Å². The second kappa shape index (κ2) is 7.69. The molecule has 6 heteroatoms. The molecule has 108 valence electrons. The molecule has 1 aromatic heterocycles. The number of nitrogens with one attached hydrogen (secondary N) is 1. The number of nitrogens with zero attached hydrogens (tertiary/aromatic N) is 2. The Morgan fingerprint density at radius 2 is 2.30 bits per heavy atom. The highest BCUT2D eigenvalue weighted by Crippen LogP contribution is 2.32. The van der Waals surface area contributed by atoms with Gasteiger partial charge in [0.2, 0.25) is 0 Å². The third kappa shape index (κ3) is 3.99. The van der Waals surface area contributed by atoms with Gasteiger partial charge in [-0.05, 0) is 17.7 Å². The van der Waals surface area contributed by atoms with E-state index in [9.17, 15) is 0 Å². The quantitative estimate of drug-likeness (QED) is 0.798. The van der Waals surface area contributed by atoms with E-state index in [-0.39, 0.29) is 0 Å². The van der Waals surface area contributed by atoms with Crippen molar-refractivity contribution in [3.8, 4) is 0 Å². The van der Waals surface area contributed by atoms with Crippen LogP contribution in [0.4, 0.5) is 0 Å². The first-order valence-corrected chi connectivity index (χ1v) is 7.54. The van der Waals surface area contributed by atoms with Gasteiger partial charge in [-0.25, -0.2) is 4.98 Å². The number of benzene rings is 1. The molecule has 0 aliphatic heterocycles. The maximum atomic E-state index is 6.31. The van der Waals surface area contributed by atoms with Gasteiger partial charge >= 0.3 is 0 Å². The predicted molar refractivity (Wildman–Crippen MR) is 82.4 cm³/mol. The van der Waals surface area contributed by atoms with E-state index in [1.165, 1.54) is 0 Å². The Hall–Kier alpha value is -1.01. The van der Waals surface area contributed by atoms with Crippen molar-refractivity contribution in [1.29, 1.82) is 0 Å². The number of aromatic nitrogens is 2. The number of hydrogen-bond donors (Lipinski definition) is 1. The molecule has 0 saturated carbocycles. The minimum absolute atomic E-state index is 0.687. The summed E-state index contributed by atoms with van der Waals surface area (Å²) in [7, 11) is 3.68. The Bertz CT molecular complexity index is 559. The molecule has 20 heavy (non-hydrogen) atoms. The largest absolute Gasteiger partial charge is 0.383 e. The summed E-state index contributed by atoms with van der Waals surface area (Å²) in [4.78, 5) is 5.46. The molecule has 0 aliphatic rings. The maximum absolute atomic E-state index is 6.31. The highest BCUT2D eigenvalue weighted by atomic mass is 35.5. The first kappa shape index (κ1) is 15.4. The number of imidazole rings is 1. The first-order valence-electron chi connectivity index (χ1n) is 6.34. The number of halogens is 1. The summed E-state index contributed by atoms with van der Waals surface area (Å²) in [6.07, 6.45) is 3.73. The second-order valence-electron chi connectivity index (χ2n) is 4.31. The molecule has 0 spiro atoms. The van der Waals surface area contributed by atoms with Crippen LogP contribution in [0.2, 0.25) is 5.02 Å². The van der Waals surface area contributed by atoms with E-state index >= 15 is 0 Å². The van der Waals surface area contributed by atoms with Crippen LogP contribution in [0, 0.1) is 0 Å². The normalized spacial score (nSPS) is 10.9. The Morgan fingerprint density at radius 3 is 3.00 bits per heavy atom. The average molecular weight is 312 g/mol. The third-order valence-corrected chi connectivity index (χ3v) is 4.37. The van der Waals surface area contributed by atoms with Gasteiger partial charge in [0.15, 0.2) is 5.16 Å². The monoisotopic (exact) mass is 311 g/mol. The van der Waals surface area contributed by atoms with Gasteiger partial charge in [-0.3, -0.25) is 0 Å². The van der Waals surface area contributed by atoms with Crippen LogP contribution in [0.15, 0.2) is 40.6 Å². The predicted octanol–water partition coefficient (Wildman–Crippen LogP) is 2.96. The topological polar surface area (TPSA) is 39.1 Å². The van der Waals surface area contributed by atoms with Crippen molar-refractivity contribution in [2.24, 2.45) is 7.05 Å². The highest BCUT2D eigenvalue weighted by molar-refractivity contribution is 7.99. The molecule has 0 atom stereocenters. The maximum Gasteiger partial charge on any atom is 0.172 e. The van der Waals surface area contributed by atoms with Gasteiger partial charge in [-0.15, -0.1) is 0 Å². The summed E-state index contributed by atoms with van der Waals surface area (Å²) in [5, 5.41) is 5.05. The molecular weight excluding hydrogens is 294 g/mol. The van der Waals surface area contributed by atoms with E-state index < -0.39 is 0 Å². The van der Waals surface area contributed by atoms with Crippen molar-refractivity contribution in [3.05, 3.63) is 41.2 Å². The summed E-state index contributed by atoms with van der Waals surface area (Å²) in [5.74, 6) is 0. The number of rotatable bonds is 7. The fourth-order valence-corrected chi connectivity index (χ4v) is 3.01. The fourth-order valence-electron chi connectivity index (χ4n) is 1.74. The lowest BCUT2D eigenvalue weighted by atomic mass is 10.2. The fraction of sp³-hybridized carbons (Fsp3) is 0.357. The molecule has 1 N–H and O–H groups in total. The second-order valence-corrected chi connectivity index (χ2v) is 5.73. The summed E-state index contributed by atoms with van der Waals surface area (Å²) in [6.45, 7) is 2.20. The number of ether oxygens (including phenoxy) is 1. The Labute approximate surface area is 128 Å². The van der Waals surface area contributed by atoms with Crippen molar-refractivity contribution in [3.63, 3.8) is 0 Å². The molecule has 1 aromatic carbocycles. The summed E-state index contributed by atoms with van der Waals surface area (Å²) < 4.78 is 7.02. The lowest BCUT2D eigenvalue weighted by Gasteiger charge is -2.12. The van der Waals surface area contributed by atoms with Crippen molar-refractivity contribution >= 4 is 23.4 Å². The molecule has 2 rings (SSSR count). The van der Waals surface area contributed by atoms with E-state index in [1.54, 1.807) is 25.1 Å². The Kier molecular flexibility index (Phi) is 5.91. The van der Waals surface area contributed by atoms with Crippen LogP contribution < -0.4 is 5.32 Å². The van der Waals surface area contributed by atoms with Gasteiger partial charge in [-0.2, -0.15) is 0 Å². The van der Waals surface area contributed by atoms with Gasteiger partial charge in [0.05, 0.1) is 6.61 Å². The van der Waals surface area contributed by atoms with Crippen molar-refractivity contribution in [1.82, 2.24) is 14.9 Å². The molecule has 0 saturated heterocycles. The minimum Gasteiger partial charge on any atom is -0.383 e. The third-order valence-electron chi connectivity index (χ3n) is 2.84. The molecule has 0 unspecified atom stereocenters. The molecule has 4 nitrogen and oxygen atoms in total. The molecule has 0 amide bonds. The van der Waals surface area contributed by atoms with E-state index in [2.05, 4.69) is 16.4 Å². The first-order chi connectivity index (χ1) is 9.72. The molecule has 1 heterocycles. The lowest BCUT2D eigenvalue weighted by Crippen LogP contribution is -2.19. The Morgan fingerprint density at radius 1 is 1.45 bits per heavy atom. The minimum atomic E-state index is 0.687. The number of aryl methyl sites for hydroxylation is 1. The molecule has 0 aliphatic carbocycles. The van der Waals surface area contributed by atoms with Crippen LogP contribution >= 0.6 is 23.4 Å². The van der Waals surface area contributed by atoms with Crippen LogP contribution in [0.3, 0.4) is 0 Å². The van der Waals surface area contributed by atoms with Crippen LogP contribution in [0.5, 0.6) is 0 Å². The smallest absolute Gasteiger partial charge is 0.172 e. The molecule has 0 radical (unpaired) electrons. The van der Waals surface area contributed by atoms with E-state index in [0.717, 1.165) is 33.7 Å². The van der Waals surface area contributed by atoms with Crippen LogP contribution in [-0.4, -0.2) is 29.8 Å². The Balaban J connectivity index is 2.11. The number of methoxy groups -OCH3 is 1. The summed E-state index contributed by atoms with van der Waals surface area (Å²) in [6, 6.07) is 5.95. The van der Waals surface area contributed by atoms with E-state index in [1.807, 2.05) is 29.9 Å². The van der Waals surface area contributed by atoms with Crippen molar-refractivity contribution in [2.45, 2.75) is 16.6 Å². The van der Waals surface area contributed by atoms with Gasteiger partial charge in [0, 0.05) is 49.6 Å². The average Bonchev–Trinajstić information content (AvgIpc) is 2.83. The van der Waals surface area contributed by atoms with Crippen molar-refractivity contribution < 1.29 is 4.74 Å². The molecule has 0 fully saturated rings. The van der Waals surface area contributed by atoms with Crippen molar-refractivity contribution in [2.75, 3.05) is 20.3 Å². The zero-order valence-electron chi connectivity index (χ0n) is 11.6. The zero-order chi connectivity index (χ0) is 14.4. The number of hydrogen-bond acceptors (Lipinski definition) is 4. The molecule has 0 bridgehead atoms. The summed E-state index contributed by atoms with van der Waals surface area (Å²) in [5.41, 5.74) is 1.10. The lowest BCUT2D eigenvalue weighted by molar-refractivity contribution is 0.199. The van der Waals surface area contributed by atoms with Crippen LogP contribution in [-0.2, 0) is 18.3 Å². The van der Waals surface area contributed by atoms with Gasteiger partial charge < -0.3 is 14.6 Å². The summed E-state index contributed by atoms with van der Waals surface area (Å²) >= 11 is 7.93. The van der Waals surface area contributed by atoms with Gasteiger partial charge in [-0.1, -0.05) is 29.4 Å². The zero-order valence-corrected chi connectivity index (χ0v) is 13.2. The van der Waals surface area contributed by atoms with E-state index in [4.69, 9.17) is 16.3 Å². The molecular formula is C14H18ClN3OS. The standard InChI is InChI=1S/C14H18ClN3OS/c1-18-8-6-17-14(18)20-13-5-3-4-12(15)11(13)10-16-7-9-19-2/h3-6,8,16H,7,9-10H2,1-2H3. The molecule has 2 aromatic rings. The van der Waals surface area contributed by atoms with Gasteiger partial charge in [0.25, 0.3) is 0 Å². The SMILES string of the molecule is COCCNCc1c(Cl)cccc1Sc1nccn1C. The van der Waals surface area contributed by atoms with Crippen LogP contribution in [0.1, 0.15) is 5.56 Å². The van der Waals surface area contributed by atoms with E-state index in [0.29, 0.717) is 6.61 Å².